The van der Waals surface area contributed by atoms with E-state index in [1.807, 2.05) is 0 Å². The van der Waals surface area contributed by atoms with Crippen LogP contribution in [0, 0.1) is 11.8 Å². The fourth-order valence-electron chi connectivity index (χ4n) is 12.0. The number of H-pyrrole nitrogens is 4. The van der Waals surface area contributed by atoms with Gasteiger partial charge in [0.2, 0.25) is 0 Å². The number of carboxylic acid groups (broad SMARTS) is 1. The first-order chi connectivity index (χ1) is 41.9. The number of anilines is 2. The Bertz CT molecular complexity index is 4170. The van der Waals surface area contributed by atoms with Crippen molar-refractivity contribution in [3.63, 3.8) is 0 Å². The fraction of sp³-hybridized carbons (Fsp3) is 0.346. The van der Waals surface area contributed by atoms with Gasteiger partial charge in [-0.05, 0) is 189 Å². The van der Waals surface area contributed by atoms with E-state index < -0.39 is 5.97 Å². The summed E-state index contributed by atoms with van der Waals surface area (Å²) in [7, 11) is 0. The maximum Gasteiger partial charge on any atom is 0.335 e. The summed E-state index contributed by atoms with van der Waals surface area (Å²) in [6.45, 7) is 32.1. The summed E-state index contributed by atoms with van der Waals surface area (Å²) in [5.74, 6) is 6.07. The van der Waals surface area contributed by atoms with Crippen molar-refractivity contribution in [1.29, 1.82) is 0 Å². The number of fused-ring (bicyclic) bond motifs is 8. The Morgan fingerprint density at radius 3 is 1.24 bits per heavy atom. The number of aromatic amines is 4. The quantitative estimate of drug-likeness (QED) is 0.0378. The fourth-order valence-corrected chi connectivity index (χ4v) is 12.0. The van der Waals surface area contributed by atoms with Crippen LogP contribution in [0.5, 0.6) is 0 Å². The monoisotopic (exact) mass is 1230 g/mol. The number of carbonyl (C=O) groups is 1. The van der Waals surface area contributed by atoms with Gasteiger partial charge < -0.3 is 29.9 Å². The number of unbranched alkanes of at least 4 members (excludes halogenated alkanes) is 6. The molecule has 5 N–H and O–H groups in total. The molecule has 0 fully saturated rings. The first kappa shape index (κ1) is 65.6. The van der Waals surface area contributed by atoms with Crippen LogP contribution in [-0.4, -0.2) is 31.0 Å². The standard InChI is InChI=1S/C81H93N5O2.Zn/c1-15-17-19-21-23-53-27-34-63(35-28-53)86(64-36-29-54(30-37-64)24-22-20-18-16-2)76-72-45-43-70(84-72)74(57-47-59(78(3,4)5)51-60(48-57)79(6,7)8)68-41-39-66(82-68)65(38-31-55-25-32-56(33-26-55)77(87)88)67-40-42-69(83-67)75(71-44-46-73(76)85-71)58-49-61(80(9,10)11)52-62(50-58)81(12,13)14;/h25-30,32-37,39-52,82-85H,15-24H2,1-14H3,(H,87,88);. The van der Waals surface area contributed by atoms with Crippen molar-refractivity contribution in [2.75, 3.05) is 4.90 Å². The van der Waals surface area contributed by atoms with E-state index in [4.69, 9.17) is 0 Å². The second-order valence-corrected chi connectivity index (χ2v) is 28.6. The zero-order valence-corrected chi connectivity index (χ0v) is 58.6. The Morgan fingerprint density at radius 2 is 0.809 bits per heavy atom. The molecule has 0 radical (unpaired) electrons. The Balaban J connectivity index is 0.00000941. The Kier molecular flexibility index (Phi) is 20.0. The van der Waals surface area contributed by atoms with Gasteiger partial charge in [-0.1, -0.05) is 208 Å². The molecule has 0 spiro atoms. The van der Waals surface area contributed by atoms with Gasteiger partial charge in [0.15, 0.2) is 0 Å². The summed E-state index contributed by atoms with van der Waals surface area (Å²) >= 11 is 0. The molecule has 8 heteroatoms. The van der Waals surface area contributed by atoms with Crippen LogP contribution in [0.15, 0.2) is 158 Å². The Hall–Kier alpha value is -7.85. The van der Waals surface area contributed by atoms with Gasteiger partial charge in [-0.15, -0.1) is 0 Å². The van der Waals surface area contributed by atoms with Crippen molar-refractivity contribution in [3.05, 3.63) is 258 Å². The number of hydrogen-bond donors (Lipinski definition) is 5. The maximum absolute atomic E-state index is 11.9. The van der Waals surface area contributed by atoms with Crippen molar-refractivity contribution in [2.45, 2.75) is 183 Å². The second kappa shape index (κ2) is 27.1. The number of benzene rings is 5. The molecule has 0 aliphatic carbocycles. The van der Waals surface area contributed by atoms with Crippen LogP contribution in [-0.2, 0) is 54.0 Å². The van der Waals surface area contributed by atoms with Gasteiger partial charge in [-0.3, -0.25) is 0 Å². The van der Waals surface area contributed by atoms with Gasteiger partial charge in [0.25, 0.3) is 0 Å². The molecule has 1 aliphatic heterocycles. The van der Waals surface area contributed by atoms with E-state index in [2.05, 4.69) is 267 Å². The van der Waals surface area contributed by atoms with Crippen LogP contribution in [0.25, 0.3) is 22.4 Å². The minimum atomic E-state index is -0.973. The van der Waals surface area contributed by atoms with Gasteiger partial charge in [0.1, 0.15) is 0 Å². The minimum Gasteiger partial charge on any atom is -0.478 e. The van der Waals surface area contributed by atoms with Crippen LogP contribution in [0.1, 0.15) is 232 Å². The summed E-state index contributed by atoms with van der Waals surface area (Å²) in [6, 6.07) is 57.5. The number of nitrogens with one attached hydrogen (secondary N) is 4. The van der Waals surface area contributed by atoms with Gasteiger partial charge in [0, 0.05) is 69.6 Å². The minimum absolute atomic E-state index is 0. The number of aromatic carboxylic acids is 1. The van der Waals surface area contributed by atoms with E-state index >= 15 is 0 Å². The number of hydrogen-bond acceptors (Lipinski definition) is 2. The first-order valence-electron chi connectivity index (χ1n) is 32.3. The SMILES string of the molecule is CCCCCCc1ccc(N(C2=c3ccc([nH]3)=C(c3cc(C(C)(C)C)cc(C(C)(C)C)c3)c3ccc([nH]3)C(C#Cc3ccc(C(=O)O)cc3)=c3ccc([nH]3)=C(c3cc(C(C)(C)C)cc(C(C)(C)C)c3)c3ccc2[nH]3)c2ccc(CCCCCC)cc2)cc1.[Zn]. The van der Waals surface area contributed by atoms with Crippen LogP contribution in [0.2, 0.25) is 0 Å². The van der Waals surface area contributed by atoms with Crippen molar-refractivity contribution >= 4 is 39.8 Å². The molecular weight excluding hydrogens is 1140 g/mol. The summed E-state index contributed by atoms with van der Waals surface area (Å²) in [6.07, 6.45) is 11.9. The summed E-state index contributed by atoms with van der Waals surface area (Å²) in [5, 5.41) is 13.5. The van der Waals surface area contributed by atoms with Gasteiger partial charge in [0.05, 0.1) is 38.9 Å². The molecule has 89 heavy (non-hydrogen) atoms. The van der Waals surface area contributed by atoms with E-state index in [9.17, 15) is 9.90 Å². The molecule has 1 aliphatic rings. The summed E-state index contributed by atoms with van der Waals surface area (Å²) < 4.78 is 0. The Labute approximate surface area is 542 Å². The number of aromatic nitrogens is 4. The average Bonchev–Trinajstić information content (AvgIpc) is 1.86. The van der Waals surface area contributed by atoms with Crippen LogP contribution in [0.4, 0.5) is 11.4 Å². The zero-order valence-electron chi connectivity index (χ0n) is 55.6. The van der Waals surface area contributed by atoms with Crippen molar-refractivity contribution in [1.82, 2.24) is 19.9 Å². The van der Waals surface area contributed by atoms with Crippen LogP contribution >= 0.6 is 0 Å². The molecule has 7 nitrogen and oxygen atoms in total. The zero-order chi connectivity index (χ0) is 62.7. The maximum atomic E-state index is 11.9. The van der Waals surface area contributed by atoms with Crippen molar-refractivity contribution in [2.24, 2.45) is 0 Å². The van der Waals surface area contributed by atoms with Crippen molar-refractivity contribution < 1.29 is 29.4 Å². The second-order valence-electron chi connectivity index (χ2n) is 28.6. The normalized spacial score (nSPS) is 12.9. The first-order valence-corrected chi connectivity index (χ1v) is 32.3. The molecule has 5 heterocycles. The Morgan fingerprint density at radius 1 is 0.416 bits per heavy atom. The molecule has 8 bridgehead atoms. The molecule has 5 aromatic carbocycles. The molecule has 0 saturated heterocycles. The summed E-state index contributed by atoms with van der Waals surface area (Å²) in [5.41, 5.74) is 20.0. The third-order valence-corrected chi connectivity index (χ3v) is 17.5. The summed E-state index contributed by atoms with van der Waals surface area (Å²) in [4.78, 5) is 30.6. The van der Waals surface area contributed by atoms with E-state index in [0.717, 1.165) is 102 Å². The van der Waals surface area contributed by atoms with Crippen LogP contribution in [0.3, 0.4) is 0 Å². The van der Waals surface area contributed by atoms with Gasteiger partial charge in [-0.25, -0.2) is 4.79 Å². The van der Waals surface area contributed by atoms with E-state index in [-0.39, 0.29) is 46.7 Å². The van der Waals surface area contributed by atoms with E-state index in [1.54, 1.807) is 24.3 Å². The van der Waals surface area contributed by atoms with Gasteiger partial charge >= 0.3 is 5.97 Å². The van der Waals surface area contributed by atoms with E-state index in [0.29, 0.717) is 5.56 Å². The molecule has 10 rings (SSSR count). The molecule has 456 valence electrons. The topological polar surface area (TPSA) is 104 Å². The molecule has 0 amide bonds. The van der Waals surface area contributed by atoms with Crippen molar-refractivity contribution in [3.8, 4) is 11.8 Å². The molecular formula is C81H93N5O2Zn. The third-order valence-electron chi connectivity index (χ3n) is 17.5. The molecule has 0 unspecified atom stereocenters. The molecule has 4 aromatic heterocycles. The third kappa shape index (κ3) is 15.3. The molecule has 0 saturated carbocycles. The molecule has 9 aromatic rings. The molecule has 0 atom stereocenters. The van der Waals surface area contributed by atoms with E-state index in [1.165, 1.54) is 84.7 Å². The number of nitrogens with zero attached hydrogens (tertiary/aromatic N) is 1. The number of aryl methyl sites for hydroxylation is 2. The predicted octanol–water partition coefficient (Wildman–Crippen LogP) is 17.2. The van der Waals surface area contributed by atoms with Crippen LogP contribution < -0.4 is 26.3 Å². The predicted molar refractivity (Wildman–Crippen MR) is 369 cm³/mol. The number of carboxylic acids is 1. The average molecular weight is 1230 g/mol. The van der Waals surface area contributed by atoms with Gasteiger partial charge in [-0.2, -0.15) is 0 Å². The smallest absolute Gasteiger partial charge is 0.335 e. The largest absolute Gasteiger partial charge is 0.478 e. The number of rotatable bonds is 16.